The quantitative estimate of drug-likeness (QED) is 0.589. The molecule has 3 rings (SSSR count). The number of nitrogens with zero attached hydrogens (tertiary/aromatic N) is 1. The molecule has 10 heteroatoms. The summed E-state index contributed by atoms with van der Waals surface area (Å²) in [5.41, 5.74) is 1.19. The van der Waals surface area contributed by atoms with Crippen molar-refractivity contribution in [1.29, 1.82) is 0 Å². The minimum absolute atomic E-state index is 0.0310. The monoisotopic (exact) mass is 467 g/mol. The van der Waals surface area contributed by atoms with Crippen LogP contribution in [0.1, 0.15) is 11.1 Å². The number of carboxylic acid groups (broad SMARTS) is 1. The number of ether oxygens (including phenoxy) is 2. The van der Waals surface area contributed by atoms with Gasteiger partial charge in [-0.3, -0.25) is 14.5 Å². The fourth-order valence-corrected chi connectivity index (χ4v) is 3.95. The van der Waals surface area contributed by atoms with Crippen molar-refractivity contribution in [2.75, 3.05) is 13.7 Å². The zero-order valence-corrected chi connectivity index (χ0v) is 17.9. The molecule has 7 nitrogen and oxygen atoms in total. The van der Waals surface area contributed by atoms with E-state index < -0.39 is 23.7 Å². The molecule has 1 heterocycles. The van der Waals surface area contributed by atoms with E-state index in [0.29, 0.717) is 26.9 Å². The second-order valence-electron chi connectivity index (χ2n) is 6.10. The fraction of sp³-hybridized carbons (Fsp3) is 0.150. The average molecular weight is 468 g/mol. The molecule has 1 aliphatic heterocycles. The first-order valence-corrected chi connectivity index (χ1v) is 10.1. The molecule has 1 fully saturated rings. The molecular weight excluding hydrogens is 453 g/mol. The van der Waals surface area contributed by atoms with E-state index in [1.165, 1.54) is 13.2 Å². The molecule has 1 saturated heterocycles. The predicted molar refractivity (Wildman–Crippen MR) is 114 cm³/mol. The van der Waals surface area contributed by atoms with Gasteiger partial charge in [0.1, 0.15) is 0 Å². The van der Waals surface area contributed by atoms with Gasteiger partial charge in [0.15, 0.2) is 18.1 Å². The zero-order chi connectivity index (χ0) is 21.8. The third-order valence-corrected chi connectivity index (χ3v) is 5.55. The van der Waals surface area contributed by atoms with Crippen LogP contribution in [0.15, 0.2) is 41.3 Å². The van der Waals surface area contributed by atoms with Crippen LogP contribution in [0.3, 0.4) is 0 Å². The van der Waals surface area contributed by atoms with Crippen molar-refractivity contribution in [3.8, 4) is 11.5 Å². The highest BCUT2D eigenvalue weighted by atomic mass is 35.5. The molecule has 0 aromatic heterocycles. The molecule has 0 saturated carbocycles. The first-order chi connectivity index (χ1) is 14.3. The van der Waals surface area contributed by atoms with Crippen LogP contribution >= 0.6 is 35.0 Å². The number of carbonyl (C=O) groups excluding carboxylic acids is 2. The third-order valence-electron chi connectivity index (χ3n) is 4.05. The highest BCUT2D eigenvalue weighted by molar-refractivity contribution is 8.18. The molecule has 0 radical (unpaired) electrons. The Balaban J connectivity index is 1.80. The summed E-state index contributed by atoms with van der Waals surface area (Å²) in [6, 6.07) is 9.60. The van der Waals surface area contributed by atoms with Gasteiger partial charge in [0.25, 0.3) is 11.1 Å². The molecule has 30 heavy (non-hydrogen) atoms. The van der Waals surface area contributed by atoms with Gasteiger partial charge in [0, 0.05) is 10.0 Å². The van der Waals surface area contributed by atoms with Gasteiger partial charge < -0.3 is 14.6 Å². The van der Waals surface area contributed by atoms with E-state index in [1.54, 1.807) is 36.4 Å². The third kappa shape index (κ3) is 5.08. The number of carbonyl (C=O) groups is 3. The van der Waals surface area contributed by atoms with Crippen LogP contribution in [0.2, 0.25) is 10.0 Å². The van der Waals surface area contributed by atoms with Crippen molar-refractivity contribution < 1.29 is 29.0 Å². The highest BCUT2D eigenvalue weighted by Crippen LogP contribution is 2.36. The van der Waals surface area contributed by atoms with Gasteiger partial charge in [-0.2, -0.15) is 0 Å². The summed E-state index contributed by atoms with van der Waals surface area (Å²) in [6.45, 7) is -0.481. The summed E-state index contributed by atoms with van der Waals surface area (Å²) in [7, 11) is 1.41. The van der Waals surface area contributed by atoms with Crippen molar-refractivity contribution in [3.63, 3.8) is 0 Å². The lowest BCUT2D eigenvalue weighted by molar-refractivity contribution is -0.139. The van der Waals surface area contributed by atoms with Gasteiger partial charge in [0.05, 0.1) is 18.6 Å². The smallest absolute Gasteiger partial charge is 0.341 e. The van der Waals surface area contributed by atoms with Crippen LogP contribution in [0.4, 0.5) is 4.79 Å². The molecule has 0 atom stereocenters. The first-order valence-electron chi connectivity index (χ1n) is 8.50. The molecule has 156 valence electrons. The van der Waals surface area contributed by atoms with Crippen molar-refractivity contribution in [2.24, 2.45) is 0 Å². The standard InChI is InChI=1S/C20H15Cl2NO6S/c1-28-16-6-11(2-5-15(16)29-10-18(24)25)7-17-19(26)23(20(27)30-17)9-12-3-4-13(21)8-14(12)22/h2-8H,9-10H2,1H3,(H,24,25)/b17-7+. The van der Waals surface area contributed by atoms with E-state index >= 15 is 0 Å². The number of imide groups is 1. The summed E-state index contributed by atoms with van der Waals surface area (Å²) in [4.78, 5) is 37.1. The molecular formula is C20H15Cl2NO6S. The number of carboxylic acids is 1. The number of aliphatic carboxylic acids is 1. The Morgan fingerprint density at radius 3 is 2.60 bits per heavy atom. The molecule has 0 bridgehead atoms. The van der Waals surface area contributed by atoms with Gasteiger partial charge in [-0.1, -0.05) is 35.3 Å². The second kappa shape index (κ2) is 9.42. The fourth-order valence-electron chi connectivity index (χ4n) is 2.64. The van der Waals surface area contributed by atoms with Crippen LogP contribution in [0.5, 0.6) is 11.5 Å². The largest absolute Gasteiger partial charge is 0.493 e. The molecule has 0 spiro atoms. The number of hydrogen-bond donors (Lipinski definition) is 1. The Kier molecular flexibility index (Phi) is 6.91. The Bertz CT molecular complexity index is 1060. The van der Waals surface area contributed by atoms with Crippen LogP contribution < -0.4 is 9.47 Å². The van der Waals surface area contributed by atoms with Crippen molar-refractivity contribution in [2.45, 2.75) is 6.54 Å². The average Bonchev–Trinajstić information content (AvgIpc) is 2.96. The summed E-state index contributed by atoms with van der Waals surface area (Å²) >= 11 is 12.8. The lowest BCUT2D eigenvalue weighted by Gasteiger charge is -2.13. The van der Waals surface area contributed by atoms with E-state index in [0.717, 1.165) is 16.7 Å². The highest BCUT2D eigenvalue weighted by Gasteiger charge is 2.35. The molecule has 2 aromatic rings. The Hall–Kier alpha value is -2.68. The topological polar surface area (TPSA) is 93.1 Å². The summed E-state index contributed by atoms with van der Waals surface area (Å²) in [5.74, 6) is -1.00. The Labute approximate surface area is 186 Å². The number of thioether (sulfide) groups is 1. The molecule has 2 aromatic carbocycles. The van der Waals surface area contributed by atoms with Gasteiger partial charge in [-0.25, -0.2) is 4.79 Å². The van der Waals surface area contributed by atoms with Crippen LogP contribution in [0.25, 0.3) is 6.08 Å². The number of hydrogen-bond acceptors (Lipinski definition) is 6. The van der Waals surface area contributed by atoms with E-state index in [1.807, 2.05) is 0 Å². The van der Waals surface area contributed by atoms with Gasteiger partial charge >= 0.3 is 5.97 Å². The molecule has 1 aliphatic rings. The van der Waals surface area contributed by atoms with E-state index in [-0.39, 0.29) is 17.2 Å². The molecule has 0 unspecified atom stereocenters. The number of rotatable bonds is 7. The minimum atomic E-state index is -1.12. The van der Waals surface area contributed by atoms with Gasteiger partial charge in [-0.05, 0) is 53.2 Å². The van der Waals surface area contributed by atoms with Crippen LogP contribution in [0, 0.1) is 0 Å². The second-order valence-corrected chi connectivity index (χ2v) is 7.93. The summed E-state index contributed by atoms with van der Waals surface area (Å²) < 4.78 is 10.4. The lowest BCUT2D eigenvalue weighted by atomic mass is 10.1. The normalized spacial score (nSPS) is 15.0. The maximum atomic E-state index is 12.7. The van der Waals surface area contributed by atoms with Crippen molar-refractivity contribution in [1.82, 2.24) is 4.90 Å². The van der Waals surface area contributed by atoms with E-state index in [2.05, 4.69) is 0 Å². The summed E-state index contributed by atoms with van der Waals surface area (Å²) in [5, 5.41) is 9.15. The van der Waals surface area contributed by atoms with Crippen LogP contribution in [-0.2, 0) is 16.1 Å². The Morgan fingerprint density at radius 2 is 1.93 bits per heavy atom. The summed E-state index contributed by atoms with van der Waals surface area (Å²) in [6.07, 6.45) is 1.55. The maximum absolute atomic E-state index is 12.7. The number of benzene rings is 2. The first kappa shape index (κ1) is 22.0. The maximum Gasteiger partial charge on any atom is 0.341 e. The lowest BCUT2D eigenvalue weighted by Crippen LogP contribution is -2.27. The molecule has 0 aliphatic carbocycles. The number of amides is 2. The number of halogens is 2. The van der Waals surface area contributed by atoms with E-state index in [4.69, 9.17) is 37.8 Å². The SMILES string of the molecule is COc1cc(/C=C2/SC(=O)N(Cc3ccc(Cl)cc3Cl)C2=O)ccc1OCC(=O)O. The molecule has 1 N–H and O–H groups in total. The minimum Gasteiger partial charge on any atom is -0.493 e. The molecule has 2 amide bonds. The van der Waals surface area contributed by atoms with E-state index in [9.17, 15) is 14.4 Å². The Morgan fingerprint density at radius 1 is 1.17 bits per heavy atom. The van der Waals surface area contributed by atoms with Crippen LogP contribution in [-0.4, -0.2) is 40.8 Å². The van der Waals surface area contributed by atoms with Gasteiger partial charge in [-0.15, -0.1) is 0 Å². The zero-order valence-electron chi connectivity index (χ0n) is 15.6. The van der Waals surface area contributed by atoms with Crippen molar-refractivity contribution >= 4 is 58.2 Å². The number of methoxy groups -OCH3 is 1. The van der Waals surface area contributed by atoms with Gasteiger partial charge in [0.2, 0.25) is 0 Å². The predicted octanol–water partition coefficient (Wildman–Crippen LogP) is 4.70. The van der Waals surface area contributed by atoms with Crippen molar-refractivity contribution in [3.05, 3.63) is 62.5 Å².